The molecule has 0 saturated carbocycles. The monoisotopic (exact) mass is 333 g/mol. The predicted molar refractivity (Wildman–Crippen MR) is 104 cm³/mol. The molecule has 5 heteroatoms. The van der Waals surface area contributed by atoms with Crippen molar-refractivity contribution in [2.24, 2.45) is 4.99 Å². The van der Waals surface area contributed by atoms with Gasteiger partial charge in [0.2, 0.25) is 5.95 Å². The van der Waals surface area contributed by atoms with Gasteiger partial charge in [-0.3, -0.25) is 4.99 Å². The predicted octanol–water partition coefficient (Wildman–Crippen LogP) is 3.97. The third-order valence-corrected chi connectivity index (χ3v) is 4.85. The topological polar surface area (TPSA) is 57.2 Å². The van der Waals surface area contributed by atoms with Crippen molar-refractivity contribution in [1.29, 1.82) is 0 Å². The van der Waals surface area contributed by atoms with Crippen LogP contribution in [0.5, 0.6) is 0 Å². The van der Waals surface area contributed by atoms with E-state index in [9.17, 15) is 0 Å². The van der Waals surface area contributed by atoms with Gasteiger partial charge in [-0.15, -0.1) is 0 Å². The van der Waals surface area contributed by atoms with Gasteiger partial charge < -0.3 is 9.88 Å². The summed E-state index contributed by atoms with van der Waals surface area (Å²) in [6.07, 6.45) is 7.55. The molecule has 0 radical (unpaired) electrons. The summed E-state index contributed by atoms with van der Waals surface area (Å²) in [6, 6.07) is 8.50. The molecule has 1 aliphatic rings. The molecule has 1 saturated heterocycles. The van der Waals surface area contributed by atoms with Gasteiger partial charge in [0.05, 0.1) is 11.4 Å². The van der Waals surface area contributed by atoms with E-state index in [2.05, 4.69) is 39.1 Å². The molecule has 4 rings (SSSR count). The van der Waals surface area contributed by atoms with Gasteiger partial charge in [-0.25, -0.2) is 9.97 Å². The summed E-state index contributed by atoms with van der Waals surface area (Å²) in [6.45, 7) is 4.12. The lowest BCUT2D eigenvalue weighted by Gasteiger charge is -2.27. The Hall–Kier alpha value is -2.69. The first-order valence-electron chi connectivity index (χ1n) is 8.89. The molecular formula is C20H23N5. The highest BCUT2D eigenvalue weighted by Gasteiger charge is 2.18. The summed E-state index contributed by atoms with van der Waals surface area (Å²) in [5.74, 6) is 0.840. The van der Waals surface area contributed by atoms with Gasteiger partial charge in [-0.2, -0.15) is 0 Å². The summed E-state index contributed by atoms with van der Waals surface area (Å²) in [7, 11) is 1.79. The first kappa shape index (κ1) is 15.8. The number of hydrogen-bond acceptors (Lipinski definition) is 4. The van der Waals surface area contributed by atoms with Gasteiger partial charge in [-0.1, -0.05) is 12.1 Å². The van der Waals surface area contributed by atoms with Crippen molar-refractivity contribution in [3.63, 3.8) is 0 Å². The first-order chi connectivity index (χ1) is 12.3. The van der Waals surface area contributed by atoms with Crippen LogP contribution < -0.4 is 4.90 Å². The Labute approximate surface area is 147 Å². The minimum atomic E-state index is 0.840. The fraction of sp³-hybridized carbons (Fsp3) is 0.350. The SMILES string of the molecule is CN=Cc1c(C)nc(N2CCCCC2)nc1-c1ccc2cc[nH]c2c1. The van der Waals surface area contributed by atoms with E-state index in [1.165, 1.54) is 24.6 Å². The lowest BCUT2D eigenvalue weighted by molar-refractivity contribution is 0.568. The quantitative estimate of drug-likeness (QED) is 0.738. The molecule has 3 heterocycles. The van der Waals surface area contributed by atoms with E-state index in [0.29, 0.717) is 0 Å². The fourth-order valence-corrected chi connectivity index (χ4v) is 3.50. The van der Waals surface area contributed by atoms with Crippen LogP contribution in [0.2, 0.25) is 0 Å². The van der Waals surface area contributed by atoms with Crippen molar-refractivity contribution in [3.05, 3.63) is 41.7 Å². The average molecular weight is 333 g/mol. The molecule has 1 aromatic carbocycles. The highest BCUT2D eigenvalue weighted by atomic mass is 15.3. The number of benzene rings is 1. The summed E-state index contributed by atoms with van der Waals surface area (Å²) in [5.41, 5.74) is 5.13. The molecule has 0 atom stereocenters. The van der Waals surface area contributed by atoms with Crippen LogP contribution in [-0.2, 0) is 0 Å². The van der Waals surface area contributed by atoms with Crippen molar-refractivity contribution in [2.75, 3.05) is 25.0 Å². The molecule has 128 valence electrons. The minimum absolute atomic E-state index is 0.840. The Balaban J connectivity index is 1.86. The Morgan fingerprint density at radius 2 is 1.96 bits per heavy atom. The maximum absolute atomic E-state index is 4.95. The van der Waals surface area contributed by atoms with E-state index in [4.69, 9.17) is 9.97 Å². The van der Waals surface area contributed by atoms with Gasteiger partial charge >= 0.3 is 0 Å². The zero-order valence-electron chi connectivity index (χ0n) is 14.8. The number of aromatic nitrogens is 3. The molecule has 5 nitrogen and oxygen atoms in total. The van der Waals surface area contributed by atoms with Crippen LogP contribution in [-0.4, -0.2) is 41.3 Å². The number of nitrogens with zero attached hydrogens (tertiary/aromatic N) is 4. The molecule has 1 aliphatic heterocycles. The highest BCUT2D eigenvalue weighted by Crippen LogP contribution is 2.28. The standard InChI is InChI=1S/C20H23N5/c1-14-17(13-21-2)19(16-7-6-15-8-9-22-18(15)12-16)24-20(23-14)25-10-4-3-5-11-25/h6-9,12-13,22H,3-5,10-11H2,1-2H3. The van der Waals surface area contributed by atoms with Crippen molar-refractivity contribution in [2.45, 2.75) is 26.2 Å². The Bertz CT molecular complexity index is 919. The number of aliphatic imine (C=N–C) groups is 1. The molecule has 0 spiro atoms. The molecule has 0 unspecified atom stereocenters. The second-order valence-electron chi connectivity index (χ2n) is 6.59. The zero-order valence-corrected chi connectivity index (χ0v) is 14.8. The number of hydrogen-bond donors (Lipinski definition) is 1. The van der Waals surface area contributed by atoms with Crippen LogP contribution in [0.25, 0.3) is 22.2 Å². The van der Waals surface area contributed by atoms with E-state index in [1.54, 1.807) is 7.05 Å². The van der Waals surface area contributed by atoms with Gasteiger partial charge in [0.15, 0.2) is 0 Å². The number of fused-ring (bicyclic) bond motifs is 1. The number of aromatic amines is 1. The number of rotatable bonds is 3. The first-order valence-corrected chi connectivity index (χ1v) is 8.89. The number of aryl methyl sites for hydroxylation is 1. The van der Waals surface area contributed by atoms with Crippen LogP contribution in [0.3, 0.4) is 0 Å². The number of H-pyrrole nitrogens is 1. The molecule has 3 aromatic rings. The average Bonchev–Trinajstić information content (AvgIpc) is 3.12. The Morgan fingerprint density at radius 1 is 1.12 bits per heavy atom. The normalized spacial score (nSPS) is 15.4. The van der Waals surface area contributed by atoms with E-state index in [0.717, 1.165) is 47.1 Å². The largest absolute Gasteiger partial charge is 0.361 e. The maximum Gasteiger partial charge on any atom is 0.226 e. The van der Waals surface area contributed by atoms with Crippen LogP contribution in [0, 0.1) is 6.92 Å². The lowest BCUT2D eigenvalue weighted by atomic mass is 10.0. The minimum Gasteiger partial charge on any atom is -0.361 e. The molecule has 1 N–H and O–H groups in total. The van der Waals surface area contributed by atoms with Crippen LogP contribution in [0.15, 0.2) is 35.5 Å². The molecule has 0 aliphatic carbocycles. The highest BCUT2D eigenvalue weighted by molar-refractivity contribution is 5.93. The van der Waals surface area contributed by atoms with Crippen molar-refractivity contribution in [3.8, 4) is 11.3 Å². The number of anilines is 1. The third kappa shape index (κ3) is 3.02. The molecular weight excluding hydrogens is 310 g/mol. The van der Waals surface area contributed by atoms with Gasteiger partial charge in [0.25, 0.3) is 0 Å². The summed E-state index contributed by atoms with van der Waals surface area (Å²) in [4.78, 5) is 19.5. The fourth-order valence-electron chi connectivity index (χ4n) is 3.50. The molecule has 25 heavy (non-hydrogen) atoms. The van der Waals surface area contributed by atoms with Gasteiger partial charge in [0, 0.05) is 49.2 Å². The Morgan fingerprint density at radius 3 is 2.76 bits per heavy atom. The van der Waals surface area contributed by atoms with Crippen LogP contribution in [0.1, 0.15) is 30.5 Å². The maximum atomic E-state index is 4.95. The zero-order chi connectivity index (χ0) is 17.2. The Kier molecular flexibility index (Phi) is 4.22. The van der Waals surface area contributed by atoms with Crippen LogP contribution in [0.4, 0.5) is 5.95 Å². The van der Waals surface area contributed by atoms with E-state index < -0.39 is 0 Å². The summed E-state index contributed by atoms with van der Waals surface area (Å²) in [5, 5.41) is 1.21. The lowest BCUT2D eigenvalue weighted by Crippen LogP contribution is -2.31. The van der Waals surface area contributed by atoms with E-state index >= 15 is 0 Å². The van der Waals surface area contributed by atoms with Crippen LogP contribution >= 0.6 is 0 Å². The number of piperidine rings is 1. The second-order valence-corrected chi connectivity index (χ2v) is 6.59. The molecule has 0 amide bonds. The van der Waals surface area contributed by atoms with E-state index in [1.807, 2.05) is 19.3 Å². The van der Waals surface area contributed by atoms with Gasteiger partial charge in [-0.05, 0) is 43.7 Å². The van der Waals surface area contributed by atoms with Gasteiger partial charge in [0.1, 0.15) is 0 Å². The summed E-state index contributed by atoms with van der Waals surface area (Å²) < 4.78 is 0. The second kappa shape index (κ2) is 6.67. The van der Waals surface area contributed by atoms with Crippen molar-refractivity contribution >= 4 is 23.1 Å². The van der Waals surface area contributed by atoms with Crippen molar-refractivity contribution in [1.82, 2.24) is 15.0 Å². The number of nitrogens with one attached hydrogen (secondary N) is 1. The van der Waals surface area contributed by atoms with Crippen molar-refractivity contribution < 1.29 is 0 Å². The smallest absolute Gasteiger partial charge is 0.226 e. The molecule has 2 aromatic heterocycles. The third-order valence-electron chi connectivity index (χ3n) is 4.85. The molecule has 0 bridgehead atoms. The summed E-state index contributed by atoms with van der Waals surface area (Å²) >= 11 is 0. The molecule has 1 fully saturated rings. The van der Waals surface area contributed by atoms with E-state index in [-0.39, 0.29) is 0 Å².